The number of carbonyl (C=O) groups is 1. The molecule has 1 aromatic carbocycles. The van der Waals surface area contributed by atoms with Crippen LogP contribution in [0.5, 0.6) is 0 Å². The van der Waals surface area contributed by atoms with Crippen LogP contribution in [-0.4, -0.2) is 19.1 Å². The largest absolute Gasteiger partial charge is 0.385 e. The number of aryl methyl sites for hydroxylation is 1. The molecular formula is C15H23N3O. The summed E-state index contributed by atoms with van der Waals surface area (Å²) in [6.07, 6.45) is 4.42. The topological polar surface area (TPSA) is 53.2 Å². The number of nitrogens with one attached hydrogen (secondary N) is 3. The number of fused-ring (bicyclic) bond motifs is 1. The summed E-state index contributed by atoms with van der Waals surface area (Å²) in [6, 6.07) is 6.22. The Hall–Kier alpha value is -1.71. The van der Waals surface area contributed by atoms with Gasteiger partial charge in [0.15, 0.2) is 0 Å². The van der Waals surface area contributed by atoms with E-state index in [1.807, 2.05) is 0 Å². The van der Waals surface area contributed by atoms with Crippen LogP contribution in [-0.2, 0) is 13.0 Å². The lowest BCUT2D eigenvalue weighted by Crippen LogP contribution is -2.35. The molecule has 0 unspecified atom stereocenters. The lowest BCUT2D eigenvalue weighted by atomic mass is 9.99. The Bertz CT molecular complexity index is 431. The Morgan fingerprint density at radius 3 is 3.11 bits per heavy atom. The summed E-state index contributed by atoms with van der Waals surface area (Å²) in [6.45, 7) is 4.45. The minimum absolute atomic E-state index is 0.0816. The number of amides is 2. The van der Waals surface area contributed by atoms with Gasteiger partial charge in [-0.2, -0.15) is 0 Å². The van der Waals surface area contributed by atoms with Crippen molar-refractivity contribution < 1.29 is 4.79 Å². The highest BCUT2D eigenvalue weighted by Gasteiger charge is 2.12. The molecular weight excluding hydrogens is 238 g/mol. The van der Waals surface area contributed by atoms with Crippen molar-refractivity contribution in [1.82, 2.24) is 10.6 Å². The van der Waals surface area contributed by atoms with Crippen LogP contribution in [0.4, 0.5) is 10.5 Å². The molecule has 2 amide bonds. The van der Waals surface area contributed by atoms with Gasteiger partial charge in [0.05, 0.1) is 0 Å². The standard InChI is InChI=1S/C15H23N3O/c1-2-3-9-17-15(19)18-11-13-7-4-6-12-8-5-10-16-14(12)13/h4,6-7,16H,2-3,5,8-11H2,1H3,(H2,17,18,19). The highest BCUT2D eigenvalue weighted by molar-refractivity contribution is 5.74. The van der Waals surface area contributed by atoms with Crippen molar-refractivity contribution in [1.29, 1.82) is 0 Å². The van der Waals surface area contributed by atoms with Crippen molar-refractivity contribution in [3.8, 4) is 0 Å². The molecule has 0 bridgehead atoms. The molecule has 0 fully saturated rings. The molecule has 19 heavy (non-hydrogen) atoms. The molecule has 0 spiro atoms. The summed E-state index contributed by atoms with van der Waals surface area (Å²) in [5.74, 6) is 0. The average molecular weight is 261 g/mol. The molecule has 104 valence electrons. The zero-order valence-corrected chi connectivity index (χ0v) is 11.6. The van der Waals surface area contributed by atoms with Crippen molar-refractivity contribution in [3.05, 3.63) is 29.3 Å². The molecule has 2 rings (SSSR count). The van der Waals surface area contributed by atoms with Crippen LogP contribution in [0.25, 0.3) is 0 Å². The van der Waals surface area contributed by atoms with Gasteiger partial charge in [0.25, 0.3) is 0 Å². The fourth-order valence-corrected chi connectivity index (χ4v) is 2.34. The van der Waals surface area contributed by atoms with E-state index in [-0.39, 0.29) is 6.03 Å². The van der Waals surface area contributed by atoms with Gasteiger partial charge < -0.3 is 16.0 Å². The molecule has 0 atom stereocenters. The SMILES string of the molecule is CCCCNC(=O)NCc1cccc2c1NCCC2. The van der Waals surface area contributed by atoms with Crippen LogP contribution in [0.2, 0.25) is 0 Å². The van der Waals surface area contributed by atoms with E-state index in [1.54, 1.807) is 0 Å². The van der Waals surface area contributed by atoms with E-state index in [9.17, 15) is 4.79 Å². The maximum absolute atomic E-state index is 11.6. The molecule has 1 heterocycles. The zero-order chi connectivity index (χ0) is 13.5. The fourth-order valence-electron chi connectivity index (χ4n) is 2.34. The highest BCUT2D eigenvalue weighted by Crippen LogP contribution is 2.25. The number of anilines is 1. The number of benzene rings is 1. The maximum atomic E-state index is 11.6. The van der Waals surface area contributed by atoms with Crippen molar-refractivity contribution >= 4 is 11.7 Å². The van der Waals surface area contributed by atoms with Crippen LogP contribution >= 0.6 is 0 Å². The van der Waals surface area contributed by atoms with Crippen LogP contribution in [0.15, 0.2) is 18.2 Å². The van der Waals surface area contributed by atoms with Gasteiger partial charge in [0, 0.05) is 25.3 Å². The maximum Gasteiger partial charge on any atom is 0.315 e. The van der Waals surface area contributed by atoms with Gasteiger partial charge in [-0.25, -0.2) is 4.79 Å². The Labute approximate surface area is 115 Å². The second kappa shape index (κ2) is 7.02. The first-order valence-electron chi connectivity index (χ1n) is 7.17. The van der Waals surface area contributed by atoms with Crippen LogP contribution in [0.1, 0.15) is 37.3 Å². The number of urea groups is 1. The number of unbranched alkanes of at least 4 members (excludes halogenated alkanes) is 1. The normalized spacial score (nSPS) is 13.3. The molecule has 0 radical (unpaired) electrons. The van der Waals surface area contributed by atoms with Gasteiger partial charge in [-0.3, -0.25) is 0 Å². The third-order valence-corrected chi connectivity index (χ3v) is 3.42. The lowest BCUT2D eigenvalue weighted by Gasteiger charge is -2.21. The van der Waals surface area contributed by atoms with Crippen LogP contribution < -0.4 is 16.0 Å². The van der Waals surface area contributed by atoms with Crippen LogP contribution in [0, 0.1) is 0 Å². The first-order valence-corrected chi connectivity index (χ1v) is 7.17. The average Bonchev–Trinajstić information content (AvgIpc) is 2.45. The van der Waals surface area contributed by atoms with E-state index in [2.05, 4.69) is 41.1 Å². The Balaban J connectivity index is 1.87. The number of hydrogen-bond donors (Lipinski definition) is 3. The van der Waals surface area contributed by atoms with Gasteiger partial charge in [-0.15, -0.1) is 0 Å². The Morgan fingerprint density at radius 1 is 1.37 bits per heavy atom. The second-order valence-electron chi connectivity index (χ2n) is 4.94. The molecule has 0 aliphatic carbocycles. The quantitative estimate of drug-likeness (QED) is 0.714. The molecule has 1 aromatic rings. The van der Waals surface area contributed by atoms with Crippen molar-refractivity contribution in [2.45, 2.75) is 39.2 Å². The highest BCUT2D eigenvalue weighted by atomic mass is 16.2. The van der Waals surface area contributed by atoms with E-state index in [0.717, 1.165) is 32.4 Å². The van der Waals surface area contributed by atoms with Gasteiger partial charge in [0.1, 0.15) is 0 Å². The van der Waals surface area contributed by atoms with E-state index in [1.165, 1.54) is 23.2 Å². The number of rotatable bonds is 5. The van der Waals surface area contributed by atoms with Crippen molar-refractivity contribution in [2.75, 3.05) is 18.4 Å². The molecule has 4 heteroatoms. The minimum Gasteiger partial charge on any atom is -0.385 e. The monoisotopic (exact) mass is 261 g/mol. The van der Waals surface area contributed by atoms with Gasteiger partial charge >= 0.3 is 6.03 Å². The molecule has 0 saturated heterocycles. The predicted molar refractivity (Wildman–Crippen MR) is 78.4 cm³/mol. The number of para-hydroxylation sites is 1. The van der Waals surface area contributed by atoms with Gasteiger partial charge in [-0.1, -0.05) is 31.5 Å². The van der Waals surface area contributed by atoms with Crippen molar-refractivity contribution in [2.24, 2.45) is 0 Å². The minimum atomic E-state index is -0.0816. The lowest BCUT2D eigenvalue weighted by molar-refractivity contribution is 0.240. The van der Waals surface area contributed by atoms with Gasteiger partial charge in [-0.05, 0) is 30.4 Å². The van der Waals surface area contributed by atoms with Gasteiger partial charge in [0.2, 0.25) is 0 Å². The van der Waals surface area contributed by atoms with E-state index >= 15 is 0 Å². The molecule has 4 nitrogen and oxygen atoms in total. The second-order valence-corrected chi connectivity index (χ2v) is 4.94. The first kappa shape index (κ1) is 13.7. The van der Waals surface area contributed by atoms with E-state index < -0.39 is 0 Å². The molecule has 1 aliphatic rings. The zero-order valence-electron chi connectivity index (χ0n) is 11.6. The summed E-state index contributed by atoms with van der Waals surface area (Å²) in [7, 11) is 0. The van der Waals surface area contributed by atoms with Crippen LogP contribution in [0.3, 0.4) is 0 Å². The van der Waals surface area contributed by atoms with E-state index in [0.29, 0.717) is 6.54 Å². The third kappa shape index (κ3) is 3.88. The Kier molecular flexibility index (Phi) is 5.07. The number of carbonyl (C=O) groups excluding carboxylic acids is 1. The summed E-state index contributed by atoms with van der Waals surface area (Å²) in [5.41, 5.74) is 3.74. The summed E-state index contributed by atoms with van der Waals surface area (Å²) in [4.78, 5) is 11.6. The molecule has 3 N–H and O–H groups in total. The third-order valence-electron chi connectivity index (χ3n) is 3.42. The first-order chi connectivity index (χ1) is 9.31. The smallest absolute Gasteiger partial charge is 0.315 e. The predicted octanol–water partition coefficient (Wildman–Crippen LogP) is 2.64. The summed E-state index contributed by atoms with van der Waals surface area (Å²) in [5, 5.41) is 9.22. The fraction of sp³-hybridized carbons (Fsp3) is 0.533. The molecule has 0 aromatic heterocycles. The van der Waals surface area contributed by atoms with E-state index in [4.69, 9.17) is 0 Å². The molecule has 0 saturated carbocycles. The Morgan fingerprint density at radius 2 is 2.26 bits per heavy atom. The summed E-state index contributed by atoms with van der Waals surface area (Å²) < 4.78 is 0. The molecule has 1 aliphatic heterocycles. The summed E-state index contributed by atoms with van der Waals surface area (Å²) >= 11 is 0. The number of hydrogen-bond acceptors (Lipinski definition) is 2. The van der Waals surface area contributed by atoms with Crippen molar-refractivity contribution in [3.63, 3.8) is 0 Å².